The Kier molecular flexibility index (Phi) is 6.99. The summed E-state index contributed by atoms with van der Waals surface area (Å²) in [5, 5.41) is 9.10. The second kappa shape index (κ2) is 9.86. The van der Waals surface area contributed by atoms with E-state index in [1.54, 1.807) is 24.3 Å². The minimum Gasteiger partial charge on any atom is -0.349 e. The number of hydrogen-bond donors (Lipinski definition) is 3. The highest BCUT2D eigenvalue weighted by Gasteiger charge is 2.17. The van der Waals surface area contributed by atoms with Crippen LogP contribution < -0.4 is 16.0 Å². The summed E-state index contributed by atoms with van der Waals surface area (Å²) in [4.78, 5) is 27.3. The largest absolute Gasteiger partial charge is 0.349 e. The van der Waals surface area contributed by atoms with E-state index in [1.807, 2.05) is 50.5 Å². The predicted octanol–water partition coefficient (Wildman–Crippen LogP) is 4.42. The summed E-state index contributed by atoms with van der Waals surface area (Å²) in [5.74, 6) is -0.158. The summed E-state index contributed by atoms with van der Waals surface area (Å²) >= 11 is 1.24. The van der Waals surface area contributed by atoms with Crippen molar-refractivity contribution in [2.24, 2.45) is 0 Å². The van der Waals surface area contributed by atoms with Gasteiger partial charge in [-0.1, -0.05) is 48.5 Å². The molecule has 0 saturated heterocycles. The van der Waals surface area contributed by atoms with Gasteiger partial charge in [0.25, 0.3) is 5.91 Å². The molecule has 0 bridgehead atoms. The van der Waals surface area contributed by atoms with Gasteiger partial charge in [0.1, 0.15) is 0 Å². The smallest absolute Gasteiger partial charge is 0.324 e. The maximum Gasteiger partial charge on any atom is 0.324 e. The van der Waals surface area contributed by atoms with E-state index >= 15 is 0 Å². The third kappa shape index (κ3) is 5.91. The van der Waals surface area contributed by atoms with Crippen molar-refractivity contribution in [2.45, 2.75) is 6.04 Å². The van der Waals surface area contributed by atoms with E-state index in [9.17, 15) is 9.59 Å². The Hall–Kier alpha value is -3.16. The first-order chi connectivity index (χ1) is 14.0. The molecule has 7 heteroatoms. The fourth-order valence-corrected chi connectivity index (χ4v) is 3.69. The molecule has 1 atom stereocenters. The van der Waals surface area contributed by atoms with Crippen molar-refractivity contribution >= 4 is 34.0 Å². The monoisotopic (exact) mass is 408 g/mol. The van der Waals surface area contributed by atoms with Crippen LogP contribution in [0.15, 0.2) is 72.8 Å². The number of amides is 3. The van der Waals surface area contributed by atoms with E-state index in [2.05, 4.69) is 33.0 Å². The molecule has 3 N–H and O–H groups in total. The molecule has 29 heavy (non-hydrogen) atoms. The van der Waals surface area contributed by atoms with E-state index < -0.39 is 0 Å². The predicted molar refractivity (Wildman–Crippen MR) is 119 cm³/mol. The lowest BCUT2D eigenvalue weighted by molar-refractivity contribution is 0.0946. The van der Waals surface area contributed by atoms with Gasteiger partial charge in [0.2, 0.25) is 0 Å². The molecule has 0 saturated carbocycles. The van der Waals surface area contributed by atoms with Crippen LogP contribution in [0.2, 0.25) is 0 Å². The fourth-order valence-electron chi connectivity index (χ4n) is 2.87. The summed E-state index contributed by atoms with van der Waals surface area (Å²) in [6.45, 7) is 0.491. The highest BCUT2D eigenvalue weighted by atomic mass is 32.1. The van der Waals surface area contributed by atoms with Crippen molar-refractivity contribution in [1.29, 1.82) is 0 Å². The lowest BCUT2D eigenvalue weighted by Crippen LogP contribution is -2.34. The van der Waals surface area contributed by atoms with Crippen LogP contribution in [-0.4, -0.2) is 37.5 Å². The van der Waals surface area contributed by atoms with Gasteiger partial charge < -0.3 is 15.5 Å². The molecule has 0 aliphatic rings. The molecule has 150 valence electrons. The Morgan fingerprint density at radius 3 is 2.21 bits per heavy atom. The third-order valence-corrected chi connectivity index (χ3v) is 5.36. The lowest BCUT2D eigenvalue weighted by atomic mass is 10.1. The summed E-state index contributed by atoms with van der Waals surface area (Å²) < 4.78 is 0. The number of hydrogen-bond acceptors (Lipinski definition) is 4. The van der Waals surface area contributed by atoms with Gasteiger partial charge in [-0.15, -0.1) is 11.3 Å². The average Bonchev–Trinajstić information content (AvgIpc) is 3.17. The van der Waals surface area contributed by atoms with E-state index in [-0.39, 0.29) is 18.0 Å². The molecule has 3 amide bonds. The number of rotatable bonds is 7. The standard InChI is InChI=1S/C22H24N4O2S/c1-26(2)18(16-9-5-3-6-10-16)15-23-21(27)19-13-14-20(29-19)25-22(28)24-17-11-7-4-8-12-17/h3-14,18H,15H2,1-2H3,(H,23,27)(H2,24,25,28). The molecular formula is C22H24N4O2S. The van der Waals surface area contributed by atoms with Crippen molar-refractivity contribution in [1.82, 2.24) is 10.2 Å². The maximum absolute atomic E-state index is 12.5. The Labute approximate surface area is 174 Å². The summed E-state index contributed by atoms with van der Waals surface area (Å²) in [6.07, 6.45) is 0. The maximum atomic E-state index is 12.5. The molecule has 0 fully saturated rings. The van der Waals surface area contributed by atoms with Crippen LogP contribution in [0.1, 0.15) is 21.3 Å². The first kappa shape index (κ1) is 20.6. The van der Waals surface area contributed by atoms with Crippen LogP contribution >= 0.6 is 11.3 Å². The summed E-state index contributed by atoms with van der Waals surface area (Å²) in [5.41, 5.74) is 1.85. The van der Waals surface area contributed by atoms with Gasteiger partial charge in [-0.3, -0.25) is 10.1 Å². The van der Waals surface area contributed by atoms with Crippen LogP contribution in [0.5, 0.6) is 0 Å². The van der Waals surface area contributed by atoms with E-state index in [0.29, 0.717) is 22.1 Å². The number of benzene rings is 2. The molecule has 2 aromatic carbocycles. The van der Waals surface area contributed by atoms with Crippen LogP contribution in [-0.2, 0) is 0 Å². The van der Waals surface area contributed by atoms with Crippen LogP contribution in [0.3, 0.4) is 0 Å². The molecule has 3 rings (SSSR count). The Bertz CT molecular complexity index is 942. The molecule has 3 aromatic rings. The minimum absolute atomic E-state index is 0.0781. The zero-order valence-electron chi connectivity index (χ0n) is 16.4. The van der Waals surface area contributed by atoms with E-state index in [4.69, 9.17) is 0 Å². The highest BCUT2D eigenvalue weighted by Crippen LogP contribution is 2.23. The molecule has 1 unspecified atom stereocenters. The number of carbonyl (C=O) groups is 2. The van der Waals surface area contributed by atoms with E-state index in [1.165, 1.54) is 11.3 Å². The Morgan fingerprint density at radius 1 is 0.897 bits per heavy atom. The molecule has 1 aromatic heterocycles. The van der Waals surface area contributed by atoms with Crippen LogP contribution in [0.4, 0.5) is 15.5 Å². The Balaban J connectivity index is 1.55. The second-order valence-corrected chi connectivity index (χ2v) is 7.79. The Morgan fingerprint density at radius 2 is 1.55 bits per heavy atom. The third-order valence-electron chi connectivity index (χ3n) is 4.36. The molecule has 0 radical (unpaired) electrons. The van der Waals surface area contributed by atoms with Gasteiger partial charge in [0.15, 0.2) is 0 Å². The average molecular weight is 409 g/mol. The number of para-hydroxylation sites is 1. The van der Waals surface area contributed by atoms with Gasteiger partial charge in [-0.25, -0.2) is 4.79 Å². The van der Waals surface area contributed by atoms with Crippen molar-refractivity contribution in [3.63, 3.8) is 0 Å². The van der Waals surface area contributed by atoms with Gasteiger partial charge in [-0.2, -0.15) is 0 Å². The zero-order valence-corrected chi connectivity index (χ0v) is 17.2. The molecule has 6 nitrogen and oxygen atoms in total. The number of anilines is 2. The van der Waals surface area contributed by atoms with Gasteiger partial charge in [0, 0.05) is 12.2 Å². The minimum atomic E-state index is -0.346. The quantitative estimate of drug-likeness (QED) is 0.542. The number of nitrogens with one attached hydrogen (secondary N) is 3. The number of thiophene rings is 1. The molecular weight excluding hydrogens is 384 g/mol. The van der Waals surface area contributed by atoms with Crippen LogP contribution in [0.25, 0.3) is 0 Å². The van der Waals surface area contributed by atoms with Crippen molar-refractivity contribution in [2.75, 3.05) is 31.3 Å². The van der Waals surface area contributed by atoms with Gasteiger partial charge >= 0.3 is 6.03 Å². The van der Waals surface area contributed by atoms with Crippen molar-refractivity contribution in [3.8, 4) is 0 Å². The molecule has 1 heterocycles. The van der Waals surface area contributed by atoms with E-state index in [0.717, 1.165) is 5.56 Å². The highest BCUT2D eigenvalue weighted by molar-refractivity contribution is 7.18. The number of nitrogens with zero attached hydrogens (tertiary/aromatic N) is 1. The first-order valence-corrected chi connectivity index (χ1v) is 10.1. The van der Waals surface area contributed by atoms with Gasteiger partial charge in [0.05, 0.1) is 15.9 Å². The first-order valence-electron chi connectivity index (χ1n) is 9.25. The van der Waals surface area contributed by atoms with Crippen molar-refractivity contribution in [3.05, 3.63) is 83.2 Å². The molecule has 0 aliphatic heterocycles. The fraction of sp³-hybridized carbons (Fsp3) is 0.182. The number of urea groups is 1. The SMILES string of the molecule is CN(C)C(CNC(=O)c1ccc(NC(=O)Nc2ccccc2)s1)c1ccccc1. The normalized spacial score (nSPS) is 11.7. The summed E-state index contributed by atoms with van der Waals surface area (Å²) in [7, 11) is 3.98. The van der Waals surface area contributed by atoms with Gasteiger partial charge in [-0.05, 0) is 43.9 Å². The summed E-state index contributed by atoms with van der Waals surface area (Å²) in [6, 6.07) is 22.4. The van der Waals surface area contributed by atoms with Crippen LogP contribution in [0, 0.1) is 0 Å². The molecule has 0 aliphatic carbocycles. The molecule has 0 spiro atoms. The second-order valence-electron chi connectivity index (χ2n) is 6.71. The topological polar surface area (TPSA) is 73.5 Å². The van der Waals surface area contributed by atoms with Crippen molar-refractivity contribution < 1.29 is 9.59 Å². The number of likely N-dealkylation sites (N-methyl/N-ethyl adjacent to an activating group) is 1. The number of carbonyl (C=O) groups excluding carboxylic acids is 2. The lowest BCUT2D eigenvalue weighted by Gasteiger charge is -2.25. The zero-order chi connectivity index (χ0) is 20.6.